The molecule has 0 atom stereocenters. The van der Waals surface area contributed by atoms with Gasteiger partial charge < -0.3 is 14.8 Å². The fourth-order valence-electron chi connectivity index (χ4n) is 2.40. The zero-order chi connectivity index (χ0) is 20.4. The van der Waals surface area contributed by atoms with Gasteiger partial charge in [0.15, 0.2) is 6.61 Å². The Labute approximate surface area is 174 Å². The number of halogens is 2. The number of rotatable bonds is 10. The first-order valence-corrected chi connectivity index (χ1v) is 9.90. The van der Waals surface area contributed by atoms with Gasteiger partial charge in [0.25, 0.3) is 5.91 Å². The first-order valence-electron chi connectivity index (χ1n) is 9.14. The number of anilines is 1. The third kappa shape index (κ3) is 7.41. The molecule has 0 spiro atoms. The number of unbranched alkanes of at least 4 members (excludes halogenated alkanes) is 3. The van der Waals surface area contributed by atoms with Gasteiger partial charge in [-0.15, -0.1) is 0 Å². The monoisotopic (exact) mass is 423 g/mol. The van der Waals surface area contributed by atoms with Crippen LogP contribution in [0.2, 0.25) is 10.0 Å². The molecule has 2 rings (SSSR count). The summed E-state index contributed by atoms with van der Waals surface area (Å²) < 4.78 is 10.6. The maximum Gasteiger partial charge on any atom is 0.338 e. The molecule has 0 bridgehead atoms. The van der Waals surface area contributed by atoms with Gasteiger partial charge in [-0.25, -0.2) is 4.79 Å². The highest BCUT2D eigenvalue weighted by molar-refractivity contribution is 6.35. The lowest BCUT2D eigenvalue weighted by molar-refractivity contribution is -0.118. The van der Waals surface area contributed by atoms with Gasteiger partial charge in [-0.1, -0.05) is 49.4 Å². The van der Waals surface area contributed by atoms with Crippen LogP contribution in [0.5, 0.6) is 5.75 Å². The third-order valence-electron chi connectivity index (χ3n) is 3.89. The van der Waals surface area contributed by atoms with Crippen molar-refractivity contribution in [3.05, 3.63) is 58.1 Å². The van der Waals surface area contributed by atoms with Gasteiger partial charge in [-0.05, 0) is 48.9 Å². The first kappa shape index (κ1) is 22.1. The molecule has 0 radical (unpaired) electrons. The molecule has 0 aromatic heterocycles. The highest BCUT2D eigenvalue weighted by Crippen LogP contribution is 2.27. The highest BCUT2D eigenvalue weighted by atomic mass is 35.5. The summed E-state index contributed by atoms with van der Waals surface area (Å²) in [5.74, 6) is -0.342. The molecule has 0 fully saturated rings. The van der Waals surface area contributed by atoms with Crippen molar-refractivity contribution >= 4 is 40.8 Å². The van der Waals surface area contributed by atoms with Gasteiger partial charge in [-0.3, -0.25) is 4.79 Å². The summed E-state index contributed by atoms with van der Waals surface area (Å²) in [4.78, 5) is 24.0. The number of benzene rings is 2. The van der Waals surface area contributed by atoms with E-state index in [4.69, 9.17) is 32.7 Å². The number of amides is 1. The average Bonchev–Trinajstić information content (AvgIpc) is 2.67. The fraction of sp³-hybridized carbons (Fsp3) is 0.333. The molecule has 2 aromatic rings. The Balaban J connectivity index is 1.78. The molecule has 0 aliphatic heterocycles. The molecular formula is C21H23Cl2NO4. The Kier molecular flexibility index (Phi) is 9.11. The van der Waals surface area contributed by atoms with Crippen LogP contribution in [0.4, 0.5) is 5.69 Å². The van der Waals surface area contributed by atoms with Crippen LogP contribution < -0.4 is 10.1 Å². The Hall–Kier alpha value is -2.24. The van der Waals surface area contributed by atoms with Crippen molar-refractivity contribution < 1.29 is 19.1 Å². The standard InChI is InChI=1S/C21H23Cl2NO4/c1-2-3-4-5-12-27-21(26)15-6-9-17(10-7-15)24-20(25)14-28-19-11-8-16(22)13-18(19)23/h6-11,13H,2-5,12,14H2,1H3,(H,24,25). The van der Waals surface area contributed by atoms with Crippen LogP contribution in [0.15, 0.2) is 42.5 Å². The molecule has 5 nitrogen and oxygen atoms in total. The van der Waals surface area contributed by atoms with E-state index in [1.165, 1.54) is 6.07 Å². The van der Waals surface area contributed by atoms with Crippen molar-refractivity contribution in [2.75, 3.05) is 18.5 Å². The minimum absolute atomic E-state index is 0.205. The van der Waals surface area contributed by atoms with Crippen molar-refractivity contribution in [3.8, 4) is 5.75 Å². The molecule has 1 N–H and O–H groups in total. The first-order chi connectivity index (χ1) is 13.5. The topological polar surface area (TPSA) is 64.6 Å². The number of carbonyl (C=O) groups is 2. The Morgan fingerprint density at radius 1 is 1.00 bits per heavy atom. The van der Waals surface area contributed by atoms with Gasteiger partial charge in [0.1, 0.15) is 5.75 Å². The molecule has 1 amide bonds. The summed E-state index contributed by atoms with van der Waals surface area (Å²) in [7, 11) is 0. The minimum atomic E-state index is -0.366. The molecule has 0 heterocycles. The van der Waals surface area contributed by atoms with E-state index in [0.29, 0.717) is 33.7 Å². The van der Waals surface area contributed by atoms with Crippen LogP contribution in [-0.2, 0) is 9.53 Å². The SMILES string of the molecule is CCCCCCOC(=O)c1ccc(NC(=O)COc2ccc(Cl)cc2Cl)cc1. The number of esters is 1. The van der Waals surface area contributed by atoms with Crippen LogP contribution in [0.25, 0.3) is 0 Å². The van der Waals surface area contributed by atoms with E-state index >= 15 is 0 Å². The second kappa shape index (κ2) is 11.6. The second-order valence-electron chi connectivity index (χ2n) is 6.19. The van der Waals surface area contributed by atoms with Crippen molar-refractivity contribution in [1.82, 2.24) is 0 Å². The van der Waals surface area contributed by atoms with Crippen LogP contribution in [-0.4, -0.2) is 25.1 Å². The van der Waals surface area contributed by atoms with Gasteiger partial charge in [0, 0.05) is 10.7 Å². The normalized spacial score (nSPS) is 10.4. The van der Waals surface area contributed by atoms with Crippen LogP contribution >= 0.6 is 23.2 Å². The van der Waals surface area contributed by atoms with Crippen molar-refractivity contribution in [2.45, 2.75) is 32.6 Å². The number of hydrogen-bond donors (Lipinski definition) is 1. The maximum atomic E-state index is 12.0. The zero-order valence-corrected chi connectivity index (χ0v) is 17.2. The summed E-state index contributed by atoms with van der Waals surface area (Å²) in [5, 5.41) is 3.51. The second-order valence-corrected chi connectivity index (χ2v) is 7.03. The molecule has 28 heavy (non-hydrogen) atoms. The molecular weight excluding hydrogens is 401 g/mol. The summed E-state index contributed by atoms with van der Waals surface area (Å²) >= 11 is 11.8. The molecule has 150 valence electrons. The number of carbonyl (C=O) groups excluding carboxylic acids is 2. The Morgan fingerprint density at radius 2 is 1.75 bits per heavy atom. The van der Waals surface area contributed by atoms with Gasteiger partial charge >= 0.3 is 5.97 Å². The van der Waals surface area contributed by atoms with Gasteiger partial charge in [0.05, 0.1) is 17.2 Å². The quantitative estimate of drug-likeness (QED) is 0.390. The minimum Gasteiger partial charge on any atom is -0.482 e. The van der Waals surface area contributed by atoms with E-state index in [1.807, 2.05) is 0 Å². The highest BCUT2D eigenvalue weighted by Gasteiger charge is 2.09. The molecule has 0 saturated carbocycles. The van der Waals surface area contributed by atoms with Gasteiger partial charge in [0.2, 0.25) is 0 Å². The smallest absolute Gasteiger partial charge is 0.338 e. The zero-order valence-electron chi connectivity index (χ0n) is 15.7. The predicted octanol–water partition coefficient (Wildman–Crippen LogP) is 5.75. The van der Waals surface area contributed by atoms with Crippen LogP contribution in [0, 0.1) is 0 Å². The fourth-order valence-corrected chi connectivity index (χ4v) is 2.86. The molecule has 0 aliphatic rings. The van der Waals surface area contributed by atoms with Gasteiger partial charge in [-0.2, -0.15) is 0 Å². The molecule has 0 saturated heterocycles. The van der Waals surface area contributed by atoms with E-state index in [0.717, 1.165) is 25.7 Å². The lowest BCUT2D eigenvalue weighted by Crippen LogP contribution is -2.20. The Morgan fingerprint density at radius 3 is 2.43 bits per heavy atom. The summed E-state index contributed by atoms with van der Waals surface area (Å²) in [6, 6.07) is 11.3. The predicted molar refractivity (Wildman–Crippen MR) is 111 cm³/mol. The van der Waals surface area contributed by atoms with E-state index in [9.17, 15) is 9.59 Å². The third-order valence-corrected chi connectivity index (χ3v) is 4.42. The maximum absolute atomic E-state index is 12.0. The van der Waals surface area contributed by atoms with Crippen molar-refractivity contribution in [3.63, 3.8) is 0 Å². The number of ether oxygens (including phenoxy) is 2. The molecule has 0 aliphatic carbocycles. The number of nitrogens with one attached hydrogen (secondary N) is 1. The summed E-state index contributed by atoms with van der Waals surface area (Å²) in [5.41, 5.74) is 0.994. The van der Waals surface area contributed by atoms with E-state index < -0.39 is 0 Å². The van der Waals surface area contributed by atoms with Crippen molar-refractivity contribution in [2.24, 2.45) is 0 Å². The lowest BCUT2D eigenvalue weighted by atomic mass is 10.2. The van der Waals surface area contributed by atoms with E-state index in [1.54, 1.807) is 36.4 Å². The largest absolute Gasteiger partial charge is 0.482 e. The average molecular weight is 424 g/mol. The van der Waals surface area contributed by atoms with Crippen LogP contribution in [0.1, 0.15) is 43.0 Å². The molecule has 0 unspecified atom stereocenters. The van der Waals surface area contributed by atoms with Crippen LogP contribution in [0.3, 0.4) is 0 Å². The molecule has 2 aromatic carbocycles. The summed E-state index contributed by atoms with van der Waals surface area (Å²) in [6.07, 6.45) is 4.20. The lowest BCUT2D eigenvalue weighted by Gasteiger charge is -2.09. The van der Waals surface area contributed by atoms with E-state index in [-0.39, 0.29) is 18.5 Å². The molecule has 7 heteroatoms. The summed E-state index contributed by atoms with van der Waals surface area (Å²) in [6.45, 7) is 2.34. The van der Waals surface area contributed by atoms with Crippen molar-refractivity contribution in [1.29, 1.82) is 0 Å². The van der Waals surface area contributed by atoms with E-state index in [2.05, 4.69) is 12.2 Å². The Bertz CT molecular complexity index is 793. The number of hydrogen-bond acceptors (Lipinski definition) is 4.